The summed E-state index contributed by atoms with van der Waals surface area (Å²) >= 11 is 8.02. The fourth-order valence-electron chi connectivity index (χ4n) is 2.69. The molecule has 8 heteroatoms. The first-order valence-electron chi connectivity index (χ1n) is 6.90. The Kier molecular flexibility index (Phi) is 4.05. The highest BCUT2D eigenvalue weighted by atomic mass is 127. The van der Waals surface area contributed by atoms with Crippen LogP contribution in [-0.4, -0.2) is 32.8 Å². The molecule has 118 valence electrons. The molecular weight excluding hydrogens is 424 g/mol. The van der Waals surface area contributed by atoms with Crippen LogP contribution in [0.15, 0.2) is 12.1 Å². The highest BCUT2D eigenvalue weighted by Gasteiger charge is 2.56. The Balaban J connectivity index is 2.14. The molecule has 0 N–H and O–H groups in total. The van der Waals surface area contributed by atoms with Crippen molar-refractivity contribution in [1.29, 1.82) is 0 Å². The molecule has 0 saturated heterocycles. The molecule has 0 radical (unpaired) electrons. The lowest BCUT2D eigenvalue weighted by molar-refractivity contribution is -0.162. The molecule has 3 rings (SSSR count). The van der Waals surface area contributed by atoms with Crippen molar-refractivity contribution in [3.05, 3.63) is 26.8 Å². The van der Waals surface area contributed by atoms with Gasteiger partial charge in [-0.2, -0.15) is 5.10 Å². The summed E-state index contributed by atoms with van der Waals surface area (Å²) in [7, 11) is 0. The molecule has 0 unspecified atom stereocenters. The van der Waals surface area contributed by atoms with E-state index >= 15 is 0 Å². The minimum Gasteiger partial charge on any atom is -0.462 e. The van der Waals surface area contributed by atoms with Crippen LogP contribution < -0.4 is 0 Å². The minimum absolute atomic E-state index is 0.0575. The average molecular weight is 438 g/mol. The van der Waals surface area contributed by atoms with Gasteiger partial charge in [-0.25, -0.2) is 13.9 Å². The number of hydrogen-bond donors (Lipinski definition) is 0. The van der Waals surface area contributed by atoms with Gasteiger partial charge in [-0.15, -0.1) is 0 Å². The second-order valence-corrected chi connectivity index (χ2v) is 7.13. The smallest absolute Gasteiger partial charge is 0.320 e. The molecule has 0 aliphatic heterocycles. The van der Waals surface area contributed by atoms with Crippen molar-refractivity contribution in [2.75, 3.05) is 0 Å². The maximum Gasteiger partial charge on any atom is 0.320 e. The summed E-state index contributed by atoms with van der Waals surface area (Å²) in [6, 6.07) is 3.43. The van der Waals surface area contributed by atoms with Crippen LogP contribution >= 0.6 is 34.2 Å². The van der Waals surface area contributed by atoms with Crippen molar-refractivity contribution in [2.45, 2.75) is 44.4 Å². The Morgan fingerprint density at radius 3 is 2.82 bits per heavy atom. The van der Waals surface area contributed by atoms with Gasteiger partial charge in [0.2, 0.25) is 0 Å². The van der Waals surface area contributed by atoms with Crippen LogP contribution in [-0.2, 0) is 14.9 Å². The van der Waals surface area contributed by atoms with Crippen LogP contribution in [0, 0.1) is 3.70 Å². The number of carbonyl (C=O) groups is 1. The predicted molar refractivity (Wildman–Crippen MR) is 87.8 cm³/mol. The van der Waals surface area contributed by atoms with E-state index in [1.165, 1.54) is 4.52 Å². The standard InChI is InChI=1S/C14H14ClFIN3O2/c1-7(2)22-13(21)14(5-8(16)6-14)12-18-11(17)9-3-4-10(15)19-20(9)12/h3-4,7-8H,5-6H2,1-2H3. The highest BCUT2D eigenvalue weighted by molar-refractivity contribution is 14.1. The molecule has 2 heterocycles. The molecule has 5 nitrogen and oxygen atoms in total. The minimum atomic E-state index is -1.09. The molecule has 0 aromatic carbocycles. The van der Waals surface area contributed by atoms with E-state index in [0.717, 1.165) is 5.52 Å². The monoisotopic (exact) mass is 437 g/mol. The lowest BCUT2D eigenvalue weighted by atomic mass is 9.66. The zero-order valence-corrected chi connectivity index (χ0v) is 14.9. The molecule has 2 aromatic heterocycles. The fraction of sp³-hybridized carbons (Fsp3) is 0.500. The zero-order valence-electron chi connectivity index (χ0n) is 12.0. The van der Waals surface area contributed by atoms with Crippen molar-refractivity contribution in [3.63, 3.8) is 0 Å². The van der Waals surface area contributed by atoms with E-state index in [2.05, 4.69) is 32.7 Å². The lowest BCUT2D eigenvalue weighted by Gasteiger charge is -2.40. The van der Waals surface area contributed by atoms with Gasteiger partial charge in [-0.05, 0) is 48.6 Å². The van der Waals surface area contributed by atoms with Crippen molar-refractivity contribution in [2.24, 2.45) is 0 Å². The Bertz CT molecular complexity index is 743. The third kappa shape index (κ3) is 2.47. The number of carbonyl (C=O) groups excluding carboxylic acids is 1. The summed E-state index contributed by atoms with van der Waals surface area (Å²) in [5.74, 6) is -0.0598. The van der Waals surface area contributed by atoms with E-state index in [1.807, 2.05) is 0 Å². The van der Waals surface area contributed by atoms with Gasteiger partial charge in [-0.3, -0.25) is 4.79 Å². The van der Waals surface area contributed by atoms with Crippen LogP contribution in [0.1, 0.15) is 32.5 Å². The number of halogens is 3. The number of nitrogens with zero attached hydrogens (tertiary/aromatic N) is 3. The van der Waals surface area contributed by atoms with Crippen molar-refractivity contribution in [3.8, 4) is 0 Å². The predicted octanol–water partition coefficient (Wildman–Crippen LogP) is 3.31. The van der Waals surface area contributed by atoms with Gasteiger partial charge in [0.15, 0.2) is 0 Å². The Morgan fingerprint density at radius 1 is 1.55 bits per heavy atom. The fourth-order valence-corrected chi connectivity index (χ4v) is 3.47. The van der Waals surface area contributed by atoms with Crippen LogP contribution in [0.25, 0.3) is 5.52 Å². The van der Waals surface area contributed by atoms with Gasteiger partial charge in [-0.1, -0.05) is 11.6 Å². The summed E-state index contributed by atoms with van der Waals surface area (Å²) in [4.78, 5) is 17.0. The van der Waals surface area contributed by atoms with E-state index < -0.39 is 17.6 Å². The summed E-state index contributed by atoms with van der Waals surface area (Å²) in [5, 5.41) is 4.50. The quantitative estimate of drug-likeness (QED) is 0.546. The van der Waals surface area contributed by atoms with Crippen LogP contribution in [0.5, 0.6) is 0 Å². The van der Waals surface area contributed by atoms with Crippen molar-refractivity contribution < 1.29 is 13.9 Å². The van der Waals surface area contributed by atoms with E-state index in [1.54, 1.807) is 26.0 Å². The Labute approximate surface area is 145 Å². The Morgan fingerprint density at radius 2 is 2.23 bits per heavy atom. The summed E-state index contributed by atoms with van der Waals surface area (Å²) in [5.41, 5.74) is -0.354. The highest BCUT2D eigenvalue weighted by Crippen LogP contribution is 2.46. The number of rotatable bonds is 3. The first-order chi connectivity index (χ1) is 10.3. The molecule has 1 aliphatic rings. The molecular formula is C14H14ClFIN3O2. The molecule has 1 saturated carbocycles. The number of alkyl halides is 1. The zero-order chi connectivity index (χ0) is 16.1. The average Bonchev–Trinajstić information content (AvgIpc) is 2.71. The van der Waals surface area contributed by atoms with Gasteiger partial charge in [0.1, 0.15) is 26.3 Å². The SMILES string of the molecule is CC(C)OC(=O)C1(c2nc(I)c3ccc(Cl)nn23)CC(F)C1. The van der Waals surface area contributed by atoms with Gasteiger partial charge in [0, 0.05) is 12.8 Å². The molecule has 0 spiro atoms. The molecule has 0 bridgehead atoms. The number of aromatic nitrogens is 3. The van der Waals surface area contributed by atoms with Gasteiger partial charge in [0.05, 0.1) is 11.6 Å². The molecule has 1 fully saturated rings. The molecule has 2 aromatic rings. The Hall–Kier alpha value is -0.960. The first kappa shape index (κ1) is 15.9. The topological polar surface area (TPSA) is 56.5 Å². The van der Waals surface area contributed by atoms with E-state index in [0.29, 0.717) is 9.53 Å². The number of fused-ring (bicyclic) bond motifs is 1. The largest absolute Gasteiger partial charge is 0.462 e. The van der Waals surface area contributed by atoms with Crippen molar-refractivity contribution >= 4 is 45.7 Å². The maximum atomic E-state index is 13.6. The normalized spacial score (nSPS) is 24.5. The van der Waals surface area contributed by atoms with E-state index in [-0.39, 0.29) is 24.1 Å². The molecule has 22 heavy (non-hydrogen) atoms. The molecule has 1 aliphatic carbocycles. The van der Waals surface area contributed by atoms with E-state index in [9.17, 15) is 9.18 Å². The number of imidazole rings is 1. The van der Waals surface area contributed by atoms with Crippen LogP contribution in [0.2, 0.25) is 5.15 Å². The van der Waals surface area contributed by atoms with Gasteiger partial charge in [0.25, 0.3) is 0 Å². The van der Waals surface area contributed by atoms with Gasteiger partial charge < -0.3 is 4.74 Å². The van der Waals surface area contributed by atoms with Crippen molar-refractivity contribution in [1.82, 2.24) is 14.6 Å². The maximum absolute atomic E-state index is 13.6. The lowest BCUT2D eigenvalue weighted by Crippen LogP contribution is -2.51. The third-order valence-electron chi connectivity index (χ3n) is 3.72. The van der Waals surface area contributed by atoms with Crippen LogP contribution in [0.4, 0.5) is 4.39 Å². The molecule has 0 amide bonds. The summed E-state index contributed by atoms with van der Waals surface area (Å²) in [6.07, 6.45) is -1.20. The second kappa shape index (κ2) is 5.59. The first-order valence-corrected chi connectivity index (χ1v) is 8.35. The van der Waals surface area contributed by atoms with Crippen LogP contribution in [0.3, 0.4) is 0 Å². The second-order valence-electron chi connectivity index (χ2n) is 5.72. The van der Waals surface area contributed by atoms with Gasteiger partial charge >= 0.3 is 5.97 Å². The number of hydrogen-bond acceptors (Lipinski definition) is 4. The third-order valence-corrected chi connectivity index (χ3v) is 4.72. The van der Waals surface area contributed by atoms with E-state index in [4.69, 9.17) is 16.3 Å². The molecule has 0 atom stereocenters. The summed E-state index contributed by atoms with van der Waals surface area (Å²) in [6.45, 7) is 3.53. The number of ether oxygens (including phenoxy) is 1. The number of esters is 1. The summed E-state index contributed by atoms with van der Waals surface area (Å²) < 4.78 is 21.1.